The molecule has 0 fully saturated rings. The minimum atomic E-state index is -2.74. The zero-order valence-corrected chi connectivity index (χ0v) is 9.25. The molecule has 0 unspecified atom stereocenters. The maximum absolute atomic E-state index is 12.5. The first-order chi connectivity index (χ1) is 6.60. The van der Waals surface area contributed by atoms with Crippen molar-refractivity contribution in [2.24, 2.45) is 0 Å². The predicted octanol–water partition coefficient (Wildman–Crippen LogP) is 2.50. The summed E-state index contributed by atoms with van der Waals surface area (Å²) in [6.07, 6.45) is -2.74. The summed E-state index contributed by atoms with van der Waals surface area (Å²) < 4.78 is 30.0. The highest BCUT2D eigenvalue weighted by atomic mass is 127. The van der Waals surface area contributed by atoms with Gasteiger partial charge in [0.2, 0.25) is 0 Å². The van der Waals surface area contributed by atoms with Crippen LogP contribution in [0, 0.1) is 15.0 Å². The number of ether oxygens (including phenoxy) is 1. The largest absolute Gasteiger partial charge is 0.493 e. The van der Waals surface area contributed by atoms with E-state index in [9.17, 15) is 8.78 Å². The number of pyridine rings is 1. The lowest BCUT2D eigenvalue weighted by Gasteiger charge is -2.08. The number of alkyl halides is 2. The lowest BCUT2D eigenvalue weighted by atomic mass is 10.2. The second-order valence-electron chi connectivity index (χ2n) is 2.32. The molecule has 0 aliphatic rings. The van der Waals surface area contributed by atoms with Gasteiger partial charge in [0, 0.05) is 0 Å². The van der Waals surface area contributed by atoms with Crippen LogP contribution in [0.4, 0.5) is 8.78 Å². The van der Waals surface area contributed by atoms with E-state index in [4.69, 9.17) is 10.00 Å². The normalized spacial score (nSPS) is 10.0. The molecule has 1 heterocycles. The van der Waals surface area contributed by atoms with Gasteiger partial charge in [0.15, 0.2) is 11.4 Å². The van der Waals surface area contributed by atoms with Gasteiger partial charge in [-0.05, 0) is 28.7 Å². The van der Waals surface area contributed by atoms with Gasteiger partial charge in [-0.3, -0.25) is 0 Å². The molecule has 0 spiro atoms. The van der Waals surface area contributed by atoms with Crippen molar-refractivity contribution in [1.82, 2.24) is 4.98 Å². The summed E-state index contributed by atoms with van der Waals surface area (Å²) in [6, 6.07) is 3.17. The van der Waals surface area contributed by atoms with E-state index >= 15 is 0 Å². The summed E-state index contributed by atoms with van der Waals surface area (Å²) >= 11 is 1.77. The van der Waals surface area contributed by atoms with Crippen LogP contribution in [0.3, 0.4) is 0 Å². The Morgan fingerprint density at radius 3 is 2.71 bits per heavy atom. The highest BCUT2D eigenvalue weighted by Crippen LogP contribution is 2.30. The Morgan fingerprint density at radius 2 is 2.29 bits per heavy atom. The van der Waals surface area contributed by atoms with E-state index in [1.165, 1.54) is 13.2 Å². The molecule has 14 heavy (non-hydrogen) atoms. The number of methoxy groups -OCH3 is 1. The molecule has 0 aliphatic heterocycles. The smallest absolute Gasteiger partial charge is 0.284 e. The molecule has 0 saturated heterocycles. The van der Waals surface area contributed by atoms with Gasteiger partial charge < -0.3 is 4.74 Å². The lowest BCUT2D eigenvalue weighted by Crippen LogP contribution is -2.00. The minimum absolute atomic E-state index is 0.0715. The third kappa shape index (κ3) is 2.09. The monoisotopic (exact) mass is 310 g/mol. The first-order valence-electron chi connectivity index (χ1n) is 3.52. The predicted molar refractivity (Wildman–Crippen MR) is 53.2 cm³/mol. The average molecular weight is 310 g/mol. The van der Waals surface area contributed by atoms with Crippen molar-refractivity contribution in [2.45, 2.75) is 6.43 Å². The van der Waals surface area contributed by atoms with Crippen LogP contribution in [0.15, 0.2) is 6.07 Å². The molecule has 0 aliphatic carbocycles. The van der Waals surface area contributed by atoms with Crippen molar-refractivity contribution in [1.29, 1.82) is 5.26 Å². The van der Waals surface area contributed by atoms with E-state index in [0.717, 1.165) is 0 Å². The summed E-state index contributed by atoms with van der Waals surface area (Å²) in [6.45, 7) is 0. The van der Waals surface area contributed by atoms with Crippen LogP contribution in [0.2, 0.25) is 0 Å². The summed E-state index contributed by atoms with van der Waals surface area (Å²) in [7, 11) is 1.23. The zero-order valence-electron chi connectivity index (χ0n) is 7.09. The molecule has 3 nitrogen and oxygen atoms in total. The maximum Gasteiger partial charge on any atom is 0.284 e. The molecule has 0 aromatic carbocycles. The fourth-order valence-electron chi connectivity index (χ4n) is 0.966. The van der Waals surface area contributed by atoms with Crippen molar-refractivity contribution in [3.63, 3.8) is 0 Å². The van der Waals surface area contributed by atoms with E-state index in [1.54, 1.807) is 28.7 Å². The molecule has 0 bridgehead atoms. The van der Waals surface area contributed by atoms with Crippen molar-refractivity contribution in [3.8, 4) is 11.8 Å². The van der Waals surface area contributed by atoms with Gasteiger partial charge in [0.25, 0.3) is 6.43 Å². The van der Waals surface area contributed by atoms with Crippen LogP contribution in [0.5, 0.6) is 5.75 Å². The number of nitriles is 1. The molecule has 1 aromatic heterocycles. The second-order valence-corrected chi connectivity index (χ2v) is 3.43. The first kappa shape index (κ1) is 11.1. The van der Waals surface area contributed by atoms with Gasteiger partial charge in [-0.2, -0.15) is 5.26 Å². The standard InChI is InChI=1S/C8H5F2IN2O/c1-14-7-4(3-12)2-5(11)13-6(7)8(9)10/h2,8H,1H3. The van der Waals surface area contributed by atoms with Crippen LogP contribution in [0.1, 0.15) is 17.7 Å². The highest BCUT2D eigenvalue weighted by Gasteiger charge is 2.20. The van der Waals surface area contributed by atoms with Gasteiger partial charge in [-0.15, -0.1) is 0 Å². The third-order valence-electron chi connectivity index (χ3n) is 1.50. The molecule has 1 aromatic rings. The fraction of sp³-hybridized carbons (Fsp3) is 0.250. The highest BCUT2D eigenvalue weighted by molar-refractivity contribution is 14.1. The number of rotatable bonds is 2. The molecule has 1 rings (SSSR count). The Labute approximate surface area is 92.8 Å². The fourth-order valence-corrected chi connectivity index (χ4v) is 1.54. The topological polar surface area (TPSA) is 45.9 Å². The minimum Gasteiger partial charge on any atom is -0.493 e. The molecular formula is C8H5F2IN2O. The Balaban J connectivity index is 3.41. The molecule has 0 amide bonds. The Bertz CT molecular complexity index is 390. The quantitative estimate of drug-likeness (QED) is 0.623. The summed E-state index contributed by atoms with van der Waals surface area (Å²) in [5.74, 6) is -0.150. The zero-order chi connectivity index (χ0) is 10.7. The van der Waals surface area contributed by atoms with Gasteiger partial charge in [0.1, 0.15) is 9.77 Å². The summed E-state index contributed by atoms with van der Waals surface area (Å²) in [5, 5.41) is 8.67. The van der Waals surface area contributed by atoms with Crippen LogP contribution < -0.4 is 4.74 Å². The van der Waals surface area contributed by atoms with Crippen LogP contribution in [-0.4, -0.2) is 12.1 Å². The van der Waals surface area contributed by atoms with Crippen LogP contribution >= 0.6 is 22.6 Å². The van der Waals surface area contributed by atoms with Gasteiger partial charge in [-0.25, -0.2) is 13.8 Å². The molecule has 0 atom stereocenters. The first-order valence-corrected chi connectivity index (χ1v) is 4.60. The summed E-state index contributed by atoms with van der Waals surface area (Å²) in [5.41, 5.74) is -0.418. The van der Waals surface area contributed by atoms with E-state index in [0.29, 0.717) is 3.70 Å². The van der Waals surface area contributed by atoms with E-state index < -0.39 is 12.1 Å². The molecule has 6 heteroatoms. The number of aromatic nitrogens is 1. The van der Waals surface area contributed by atoms with Crippen LogP contribution in [0.25, 0.3) is 0 Å². The number of hydrogen-bond acceptors (Lipinski definition) is 3. The van der Waals surface area contributed by atoms with Gasteiger partial charge in [0.05, 0.1) is 12.7 Å². The third-order valence-corrected chi connectivity index (χ3v) is 2.05. The second kappa shape index (κ2) is 4.50. The number of nitrogens with zero attached hydrogens (tertiary/aromatic N) is 2. The van der Waals surface area contributed by atoms with E-state index in [-0.39, 0.29) is 11.3 Å². The number of hydrogen-bond donors (Lipinski definition) is 0. The average Bonchev–Trinajstić information content (AvgIpc) is 2.16. The molecule has 0 N–H and O–H groups in total. The summed E-state index contributed by atoms with van der Waals surface area (Å²) in [4.78, 5) is 3.61. The van der Waals surface area contributed by atoms with Crippen molar-refractivity contribution in [3.05, 3.63) is 21.0 Å². The Hall–Kier alpha value is -0.970. The Kier molecular flexibility index (Phi) is 3.57. The van der Waals surface area contributed by atoms with Crippen molar-refractivity contribution < 1.29 is 13.5 Å². The van der Waals surface area contributed by atoms with E-state index in [2.05, 4.69) is 4.98 Å². The van der Waals surface area contributed by atoms with Gasteiger partial charge >= 0.3 is 0 Å². The molecule has 0 saturated carbocycles. The van der Waals surface area contributed by atoms with Gasteiger partial charge in [-0.1, -0.05) is 0 Å². The van der Waals surface area contributed by atoms with Crippen molar-refractivity contribution >= 4 is 22.6 Å². The molecule has 0 radical (unpaired) electrons. The van der Waals surface area contributed by atoms with Crippen molar-refractivity contribution in [2.75, 3.05) is 7.11 Å². The molecular weight excluding hydrogens is 305 g/mol. The lowest BCUT2D eigenvalue weighted by molar-refractivity contribution is 0.141. The van der Waals surface area contributed by atoms with E-state index in [1.807, 2.05) is 0 Å². The van der Waals surface area contributed by atoms with Crippen LogP contribution in [-0.2, 0) is 0 Å². The SMILES string of the molecule is COc1c(C#N)cc(I)nc1C(F)F. The maximum atomic E-state index is 12.5. The Morgan fingerprint density at radius 1 is 1.64 bits per heavy atom. The molecule has 74 valence electrons. The number of halogens is 3.